The third-order valence-corrected chi connectivity index (χ3v) is 5.78. The molecule has 0 atom stereocenters. The van der Waals surface area contributed by atoms with Gasteiger partial charge < -0.3 is 24.3 Å². The Morgan fingerprint density at radius 1 is 1.09 bits per heavy atom. The fourth-order valence-corrected chi connectivity index (χ4v) is 3.93. The van der Waals surface area contributed by atoms with Gasteiger partial charge in [0.15, 0.2) is 0 Å². The van der Waals surface area contributed by atoms with Crippen LogP contribution in [0.3, 0.4) is 0 Å². The Bertz CT molecular complexity index is 1290. The fraction of sp³-hybridized carbons (Fsp3) is 0.240. The molecule has 1 aliphatic rings. The van der Waals surface area contributed by atoms with Gasteiger partial charge in [0.1, 0.15) is 11.4 Å². The minimum Gasteiger partial charge on any atom is -0.496 e. The van der Waals surface area contributed by atoms with Crippen LogP contribution in [-0.4, -0.2) is 58.8 Å². The van der Waals surface area contributed by atoms with Crippen LogP contribution >= 0.6 is 0 Å². The molecule has 0 spiro atoms. The van der Waals surface area contributed by atoms with Crippen LogP contribution in [0.4, 0.5) is 11.6 Å². The number of carbonyl (C=O) groups excluding carboxylic acids is 1. The molecular weight excluding hydrogens is 418 g/mol. The van der Waals surface area contributed by atoms with Crippen LogP contribution in [0.2, 0.25) is 0 Å². The van der Waals surface area contributed by atoms with E-state index in [4.69, 9.17) is 14.5 Å². The molecule has 2 aromatic heterocycles. The van der Waals surface area contributed by atoms with Gasteiger partial charge >= 0.3 is 0 Å². The number of aryl methyl sites for hydroxylation is 1. The predicted molar refractivity (Wildman–Crippen MR) is 127 cm³/mol. The van der Waals surface area contributed by atoms with Crippen LogP contribution in [-0.2, 0) is 4.74 Å². The number of rotatable bonds is 5. The SMILES string of the molecule is COc1cc(Nc2ncc3ccn(-c4ccc(C(=O)N5CCOCC5)cc4)c3n2)ccc1C. The molecular formula is C25H25N5O3. The Morgan fingerprint density at radius 3 is 2.64 bits per heavy atom. The van der Waals surface area contributed by atoms with E-state index in [-0.39, 0.29) is 5.91 Å². The second-order valence-electron chi connectivity index (χ2n) is 7.92. The van der Waals surface area contributed by atoms with Gasteiger partial charge in [0, 0.05) is 53.9 Å². The molecule has 2 aromatic carbocycles. The number of fused-ring (bicyclic) bond motifs is 1. The first-order valence-electron chi connectivity index (χ1n) is 10.9. The predicted octanol–water partition coefficient (Wildman–Crippen LogP) is 3.95. The lowest BCUT2D eigenvalue weighted by atomic mass is 10.1. The lowest BCUT2D eigenvalue weighted by Gasteiger charge is -2.26. The molecule has 4 aromatic rings. The summed E-state index contributed by atoms with van der Waals surface area (Å²) < 4.78 is 12.7. The summed E-state index contributed by atoms with van der Waals surface area (Å²) in [6.07, 6.45) is 3.75. The minimum atomic E-state index is 0.0320. The van der Waals surface area contributed by atoms with Gasteiger partial charge in [0.25, 0.3) is 5.91 Å². The van der Waals surface area contributed by atoms with Gasteiger partial charge in [-0.3, -0.25) is 4.79 Å². The highest BCUT2D eigenvalue weighted by Gasteiger charge is 2.18. The average molecular weight is 444 g/mol. The summed E-state index contributed by atoms with van der Waals surface area (Å²) >= 11 is 0. The van der Waals surface area contributed by atoms with Gasteiger partial charge in [-0.2, -0.15) is 4.98 Å². The van der Waals surface area contributed by atoms with Crippen LogP contribution in [0.1, 0.15) is 15.9 Å². The molecule has 1 amide bonds. The summed E-state index contributed by atoms with van der Waals surface area (Å²) in [7, 11) is 1.65. The molecule has 5 rings (SSSR count). The number of nitrogens with zero attached hydrogens (tertiary/aromatic N) is 4. The van der Waals surface area contributed by atoms with Crippen LogP contribution in [0.25, 0.3) is 16.7 Å². The number of morpholine rings is 1. The molecule has 1 aliphatic heterocycles. The smallest absolute Gasteiger partial charge is 0.254 e. The normalized spacial score (nSPS) is 13.8. The van der Waals surface area contributed by atoms with Crippen molar-refractivity contribution < 1.29 is 14.3 Å². The van der Waals surface area contributed by atoms with Crippen molar-refractivity contribution in [3.63, 3.8) is 0 Å². The van der Waals surface area contributed by atoms with E-state index < -0.39 is 0 Å². The van der Waals surface area contributed by atoms with Crippen LogP contribution in [0.5, 0.6) is 5.75 Å². The van der Waals surface area contributed by atoms with E-state index in [1.165, 1.54) is 0 Å². The number of hydrogen-bond donors (Lipinski definition) is 1. The standard InChI is InChI=1S/C25H25N5O3/c1-17-3-6-20(15-22(17)32-2)27-25-26-16-19-9-10-30(23(19)28-25)21-7-4-18(5-8-21)24(31)29-11-13-33-14-12-29/h3-10,15-16H,11-14H2,1-2H3,(H,26,27,28). The molecule has 1 N–H and O–H groups in total. The number of nitrogens with one attached hydrogen (secondary N) is 1. The molecule has 0 bridgehead atoms. The fourth-order valence-electron chi connectivity index (χ4n) is 3.93. The van der Waals surface area contributed by atoms with Gasteiger partial charge in [-0.05, 0) is 48.9 Å². The summed E-state index contributed by atoms with van der Waals surface area (Å²) in [4.78, 5) is 23.7. The summed E-state index contributed by atoms with van der Waals surface area (Å²) in [6.45, 7) is 4.43. The van der Waals surface area contributed by atoms with Crippen molar-refractivity contribution >= 4 is 28.6 Å². The van der Waals surface area contributed by atoms with Crippen molar-refractivity contribution in [3.05, 3.63) is 72.1 Å². The Kier molecular flexibility index (Phi) is 5.66. The number of benzene rings is 2. The highest BCUT2D eigenvalue weighted by molar-refractivity contribution is 5.94. The third kappa shape index (κ3) is 4.25. The zero-order valence-electron chi connectivity index (χ0n) is 18.6. The van der Waals surface area contributed by atoms with Crippen LogP contribution < -0.4 is 10.1 Å². The summed E-state index contributed by atoms with van der Waals surface area (Å²) in [6, 6.07) is 15.4. The summed E-state index contributed by atoms with van der Waals surface area (Å²) in [5, 5.41) is 4.18. The maximum Gasteiger partial charge on any atom is 0.254 e. The van der Waals surface area contributed by atoms with Crippen molar-refractivity contribution in [1.82, 2.24) is 19.4 Å². The van der Waals surface area contributed by atoms with Crippen molar-refractivity contribution in [3.8, 4) is 11.4 Å². The molecule has 0 saturated carbocycles. The Morgan fingerprint density at radius 2 is 1.88 bits per heavy atom. The summed E-state index contributed by atoms with van der Waals surface area (Å²) in [5.41, 5.74) is 4.27. The van der Waals surface area contributed by atoms with Gasteiger partial charge in [-0.25, -0.2) is 4.98 Å². The summed E-state index contributed by atoms with van der Waals surface area (Å²) in [5.74, 6) is 1.33. The first-order chi connectivity index (χ1) is 16.1. The molecule has 8 nitrogen and oxygen atoms in total. The highest BCUT2D eigenvalue weighted by atomic mass is 16.5. The maximum absolute atomic E-state index is 12.7. The number of hydrogen-bond acceptors (Lipinski definition) is 6. The monoisotopic (exact) mass is 443 g/mol. The number of methoxy groups -OCH3 is 1. The number of ether oxygens (including phenoxy) is 2. The molecule has 0 unspecified atom stereocenters. The molecule has 1 fully saturated rings. The molecule has 168 valence electrons. The van der Waals surface area contributed by atoms with Crippen molar-refractivity contribution in [2.24, 2.45) is 0 Å². The van der Waals surface area contributed by atoms with E-state index in [0.717, 1.165) is 33.7 Å². The lowest BCUT2D eigenvalue weighted by Crippen LogP contribution is -2.40. The zero-order chi connectivity index (χ0) is 22.8. The maximum atomic E-state index is 12.7. The number of anilines is 2. The van der Waals surface area contributed by atoms with E-state index in [9.17, 15) is 4.79 Å². The molecule has 0 aliphatic carbocycles. The Balaban J connectivity index is 1.40. The molecule has 3 heterocycles. The van der Waals surface area contributed by atoms with Crippen LogP contribution in [0.15, 0.2) is 60.9 Å². The van der Waals surface area contributed by atoms with E-state index in [1.54, 1.807) is 13.3 Å². The van der Waals surface area contributed by atoms with Gasteiger partial charge in [-0.15, -0.1) is 0 Å². The number of carbonyl (C=O) groups is 1. The third-order valence-electron chi connectivity index (χ3n) is 5.78. The zero-order valence-corrected chi connectivity index (χ0v) is 18.6. The first-order valence-corrected chi connectivity index (χ1v) is 10.9. The highest BCUT2D eigenvalue weighted by Crippen LogP contribution is 2.25. The van der Waals surface area contributed by atoms with Gasteiger partial charge in [0.05, 0.1) is 20.3 Å². The van der Waals surface area contributed by atoms with Crippen molar-refractivity contribution in [1.29, 1.82) is 0 Å². The molecule has 0 radical (unpaired) electrons. The van der Waals surface area contributed by atoms with Gasteiger partial charge in [-0.1, -0.05) is 6.07 Å². The van der Waals surface area contributed by atoms with Gasteiger partial charge in [0.2, 0.25) is 5.95 Å². The molecule has 33 heavy (non-hydrogen) atoms. The number of amides is 1. The quantitative estimate of drug-likeness (QED) is 0.503. The molecule has 8 heteroatoms. The second-order valence-corrected chi connectivity index (χ2v) is 7.92. The lowest BCUT2D eigenvalue weighted by molar-refractivity contribution is 0.0303. The van der Waals surface area contributed by atoms with E-state index in [1.807, 2.05) is 71.1 Å². The second kappa shape index (κ2) is 8.91. The van der Waals surface area contributed by atoms with E-state index in [2.05, 4.69) is 10.3 Å². The Labute approximate surface area is 191 Å². The van der Waals surface area contributed by atoms with Crippen molar-refractivity contribution in [2.45, 2.75) is 6.92 Å². The largest absolute Gasteiger partial charge is 0.496 e. The number of aromatic nitrogens is 3. The first kappa shape index (κ1) is 21.0. The van der Waals surface area contributed by atoms with Crippen LogP contribution in [0, 0.1) is 6.92 Å². The van der Waals surface area contributed by atoms with E-state index >= 15 is 0 Å². The Hall–Kier alpha value is -3.91. The van der Waals surface area contributed by atoms with Crippen molar-refractivity contribution in [2.75, 3.05) is 38.7 Å². The topological polar surface area (TPSA) is 81.5 Å². The molecule has 1 saturated heterocycles. The minimum absolute atomic E-state index is 0.0320. The average Bonchev–Trinajstić information content (AvgIpc) is 3.28. The van der Waals surface area contributed by atoms with E-state index in [0.29, 0.717) is 37.8 Å².